The first-order chi connectivity index (χ1) is 8.34. The summed E-state index contributed by atoms with van der Waals surface area (Å²) in [6, 6.07) is 0.506. The molecule has 5 nitrogen and oxygen atoms in total. The van der Waals surface area contributed by atoms with Gasteiger partial charge in [-0.05, 0) is 32.2 Å². The minimum Gasteiger partial charge on any atom is -0.373 e. The van der Waals surface area contributed by atoms with Crippen LogP contribution in [-0.4, -0.2) is 32.5 Å². The molecule has 0 aromatic carbocycles. The van der Waals surface area contributed by atoms with Gasteiger partial charge in [0.15, 0.2) is 0 Å². The molecule has 0 bridgehead atoms. The number of aliphatic hydroxyl groups excluding tert-OH is 1. The second-order valence-electron chi connectivity index (χ2n) is 5.13. The van der Waals surface area contributed by atoms with E-state index in [0.717, 1.165) is 43.9 Å². The van der Waals surface area contributed by atoms with Crippen molar-refractivity contribution in [3.63, 3.8) is 0 Å². The van der Waals surface area contributed by atoms with Gasteiger partial charge in [0.05, 0.1) is 0 Å². The van der Waals surface area contributed by atoms with Crippen LogP contribution in [0.2, 0.25) is 0 Å². The minimum atomic E-state index is -0.410. The fraction of sp³-hybridized carbons (Fsp3) is 0.833. The van der Waals surface area contributed by atoms with Crippen molar-refractivity contribution in [2.24, 2.45) is 0 Å². The van der Waals surface area contributed by atoms with Crippen LogP contribution in [0.25, 0.3) is 0 Å². The van der Waals surface area contributed by atoms with Crippen LogP contribution >= 0.6 is 0 Å². The Hall–Kier alpha value is -0.940. The maximum absolute atomic E-state index is 10.0. The summed E-state index contributed by atoms with van der Waals surface area (Å²) in [7, 11) is 0. The minimum absolute atomic E-state index is 0.410. The van der Waals surface area contributed by atoms with Gasteiger partial charge >= 0.3 is 0 Å². The van der Waals surface area contributed by atoms with Crippen molar-refractivity contribution >= 4 is 0 Å². The van der Waals surface area contributed by atoms with Gasteiger partial charge < -0.3 is 10.4 Å². The average molecular weight is 236 g/mol. The van der Waals surface area contributed by atoms with E-state index in [4.69, 9.17) is 0 Å². The third kappa shape index (κ3) is 2.21. The zero-order chi connectivity index (χ0) is 11.7. The molecule has 0 aliphatic carbocycles. The van der Waals surface area contributed by atoms with Crippen molar-refractivity contribution in [3.05, 3.63) is 11.6 Å². The molecule has 0 saturated carbocycles. The molecule has 2 aliphatic heterocycles. The number of aliphatic hydroxyl groups is 1. The van der Waals surface area contributed by atoms with Crippen LogP contribution in [0.15, 0.2) is 0 Å². The molecule has 1 aromatic heterocycles. The monoisotopic (exact) mass is 236 g/mol. The largest absolute Gasteiger partial charge is 0.373 e. The molecule has 1 saturated heterocycles. The number of aromatic nitrogens is 3. The molecule has 2 N–H and O–H groups in total. The van der Waals surface area contributed by atoms with Crippen LogP contribution in [0.5, 0.6) is 0 Å². The van der Waals surface area contributed by atoms with E-state index in [-0.39, 0.29) is 0 Å². The summed E-state index contributed by atoms with van der Waals surface area (Å²) in [5.74, 6) is 1.90. The normalized spacial score (nSPS) is 29.0. The molecule has 3 heterocycles. The first-order valence-electron chi connectivity index (χ1n) is 6.68. The molecule has 17 heavy (non-hydrogen) atoms. The second-order valence-corrected chi connectivity index (χ2v) is 5.13. The molecule has 1 aromatic rings. The Balaban J connectivity index is 1.76. The van der Waals surface area contributed by atoms with Gasteiger partial charge in [-0.3, -0.25) is 4.57 Å². The van der Waals surface area contributed by atoms with Gasteiger partial charge in [0.2, 0.25) is 0 Å². The van der Waals surface area contributed by atoms with Gasteiger partial charge in [-0.2, -0.15) is 0 Å². The van der Waals surface area contributed by atoms with E-state index in [9.17, 15) is 5.11 Å². The van der Waals surface area contributed by atoms with Gasteiger partial charge in [-0.1, -0.05) is 6.42 Å². The SMILES string of the molecule is OC1CCCc2nnc(CC3CCCCN3)n21. The van der Waals surface area contributed by atoms with Crippen LogP contribution in [0.3, 0.4) is 0 Å². The Morgan fingerprint density at radius 1 is 1.24 bits per heavy atom. The van der Waals surface area contributed by atoms with Crippen LogP contribution in [0, 0.1) is 0 Å². The smallest absolute Gasteiger partial charge is 0.136 e. The van der Waals surface area contributed by atoms with Crippen molar-refractivity contribution in [3.8, 4) is 0 Å². The summed E-state index contributed by atoms with van der Waals surface area (Å²) in [6.45, 7) is 1.11. The Morgan fingerprint density at radius 3 is 3.00 bits per heavy atom. The number of nitrogens with zero attached hydrogens (tertiary/aromatic N) is 3. The summed E-state index contributed by atoms with van der Waals surface area (Å²) in [5, 5.41) is 22.0. The Labute approximate surface area is 101 Å². The van der Waals surface area contributed by atoms with E-state index >= 15 is 0 Å². The van der Waals surface area contributed by atoms with E-state index in [1.807, 2.05) is 4.57 Å². The summed E-state index contributed by atoms with van der Waals surface area (Å²) >= 11 is 0. The zero-order valence-corrected chi connectivity index (χ0v) is 10.1. The van der Waals surface area contributed by atoms with E-state index in [2.05, 4.69) is 15.5 Å². The van der Waals surface area contributed by atoms with E-state index in [1.165, 1.54) is 19.3 Å². The van der Waals surface area contributed by atoms with Crippen LogP contribution < -0.4 is 5.32 Å². The first-order valence-corrected chi connectivity index (χ1v) is 6.68. The standard InChI is InChI=1S/C12H20N4O/c17-12-6-3-5-10-14-15-11(16(10)12)8-9-4-1-2-7-13-9/h9,12-13,17H,1-8H2. The molecule has 2 unspecified atom stereocenters. The molecule has 2 aliphatic rings. The highest BCUT2D eigenvalue weighted by atomic mass is 16.3. The Kier molecular flexibility index (Phi) is 3.11. The number of hydrogen-bond donors (Lipinski definition) is 2. The lowest BCUT2D eigenvalue weighted by Gasteiger charge is -2.25. The molecule has 0 spiro atoms. The number of aryl methyl sites for hydroxylation is 1. The molecule has 94 valence electrons. The van der Waals surface area contributed by atoms with Gasteiger partial charge in [-0.25, -0.2) is 0 Å². The number of nitrogens with one attached hydrogen (secondary N) is 1. The molecule has 1 fully saturated rings. The van der Waals surface area contributed by atoms with Gasteiger partial charge in [-0.15, -0.1) is 10.2 Å². The molecule has 0 amide bonds. The lowest BCUT2D eigenvalue weighted by atomic mass is 10.0. The average Bonchev–Trinajstić information content (AvgIpc) is 2.75. The summed E-state index contributed by atoms with van der Waals surface area (Å²) in [6.07, 6.45) is 7.05. The predicted molar refractivity (Wildman–Crippen MR) is 63.6 cm³/mol. The molecule has 0 radical (unpaired) electrons. The van der Waals surface area contributed by atoms with Crippen molar-refractivity contribution in [1.82, 2.24) is 20.1 Å². The topological polar surface area (TPSA) is 63.0 Å². The predicted octanol–water partition coefficient (Wildman–Crippen LogP) is 0.790. The number of piperidine rings is 1. The van der Waals surface area contributed by atoms with Gasteiger partial charge in [0.25, 0.3) is 0 Å². The van der Waals surface area contributed by atoms with Crippen molar-refractivity contribution < 1.29 is 5.11 Å². The van der Waals surface area contributed by atoms with Crippen LogP contribution in [-0.2, 0) is 12.8 Å². The highest BCUT2D eigenvalue weighted by Crippen LogP contribution is 2.24. The lowest BCUT2D eigenvalue weighted by molar-refractivity contribution is 0.0743. The van der Waals surface area contributed by atoms with Crippen molar-refractivity contribution in [2.45, 2.75) is 57.2 Å². The van der Waals surface area contributed by atoms with Crippen molar-refractivity contribution in [1.29, 1.82) is 0 Å². The van der Waals surface area contributed by atoms with E-state index in [1.54, 1.807) is 0 Å². The maximum Gasteiger partial charge on any atom is 0.136 e. The van der Waals surface area contributed by atoms with E-state index in [0.29, 0.717) is 6.04 Å². The van der Waals surface area contributed by atoms with Gasteiger partial charge in [0.1, 0.15) is 17.9 Å². The third-order valence-electron chi connectivity index (χ3n) is 3.84. The zero-order valence-electron chi connectivity index (χ0n) is 10.1. The molecular weight excluding hydrogens is 216 g/mol. The quantitative estimate of drug-likeness (QED) is 0.797. The number of rotatable bonds is 2. The van der Waals surface area contributed by atoms with Crippen LogP contribution in [0.1, 0.15) is 50.0 Å². The fourth-order valence-electron chi connectivity index (χ4n) is 2.90. The summed E-state index contributed by atoms with van der Waals surface area (Å²) in [5.41, 5.74) is 0. The van der Waals surface area contributed by atoms with Gasteiger partial charge in [0, 0.05) is 18.9 Å². The molecular formula is C12H20N4O. The first kappa shape index (κ1) is 11.2. The maximum atomic E-state index is 10.0. The highest BCUT2D eigenvalue weighted by molar-refractivity contribution is 5.02. The third-order valence-corrected chi connectivity index (χ3v) is 3.84. The van der Waals surface area contributed by atoms with Crippen molar-refractivity contribution in [2.75, 3.05) is 6.54 Å². The Morgan fingerprint density at radius 2 is 2.18 bits per heavy atom. The second kappa shape index (κ2) is 4.74. The molecule has 5 heteroatoms. The van der Waals surface area contributed by atoms with Crippen LogP contribution in [0.4, 0.5) is 0 Å². The number of fused-ring (bicyclic) bond motifs is 1. The molecule has 3 rings (SSSR count). The Bertz CT molecular complexity index is 384. The summed E-state index contributed by atoms with van der Waals surface area (Å²) < 4.78 is 1.94. The fourth-order valence-corrected chi connectivity index (χ4v) is 2.90. The highest BCUT2D eigenvalue weighted by Gasteiger charge is 2.24. The van der Waals surface area contributed by atoms with E-state index < -0.39 is 6.23 Å². The molecule has 2 atom stereocenters. The summed E-state index contributed by atoms with van der Waals surface area (Å²) in [4.78, 5) is 0. The lowest BCUT2D eigenvalue weighted by Crippen LogP contribution is -2.36. The number of hydrogen-bond acceptors (Lipinski definition) is 4.